The smallest absolute Gasteiger partial charge is 0.0340 e. The van der Waals surface area contributed by atoms with Crippen molar-refractivity contribution < 1.29 is 0 Å². The Hall–Kier alpha value is -1.24. The molecule has 1 atom stereocenters. The van der Waals surface area contributed by atoms with Gasteiger partial charge in [0.1, 0.15) is 0 Å². The van der Waals surface area contributed by atoms with E-state index < -0.39 is 0 Å². The number of allylic oxidation sites excluding steroid dienone is 2. The van der Waals surface area contributed by atoms with Gasteiger partial charge in [0.2, 0.25) is 0 Å². The summed E-state index contributed by atoms with van der Waals surface area (Å²) in [7, 11) is 0. The van der Waals surface area contributed by atoms with E-state index in [1.165, 1.54) is 24.9 Å². The van der Waals surface area contributed by atoms with Crippen LogP contribution in [0.1, 0.15) is 19.3 Å². The average Bonchev–Trinajstić information content (AvgIpc) is 2.29. The van der Waals surface area contributed by atoms with E-state index in [0.29, 0.717) is 0 Å². The summed E-state index contributed by atoms with van der Waals surface area (Å²) < 4.78 is 0. The molecule has 1 nitrogen and oxygen atoms in total. The van der Waals surface area contributed by atoms with Crippen molar-refractivity contribution in [1.29, 1.82) is 0 Å². The summed E-state index contributed by atoms with van der Waals surface area (Å²) in [6, 6.07) is 10.4. The number of para-hydroxylation sites is 1. The predicted octanol–water partition coefficient (Wildman–Crippen LogP) is 3.45. The van der Waals surface area contributed by atoms with E-state index in [-0.39, 0.29) is 0 Å². The van der Waals surface area contributed by atoms with Gasteiger partial charge < -0.3 is 5.32 Å². The van der Waals surface area contributed by atoms with Crippen LogP contribution in [0.3, 0.4) is 0 Å². The van der Waals surface area contributed by atoms with Crippen LogP contribution in [0.25, 0.3) is 0 Å². The van der Waals surface area contributed by atoms with Crippen molar-refractivity contribution in [2.45, 2.75) is 19.3 Å². The van der Waals surface area contributed by atoms with Gasteiger partial charge in [-0.05, 0) is 37.3 Å². The molecule has 0 spiro atoms. The van der Waals surface area contributed by atoms with Crippen LogP contribution in [0.4, 0.5) is 5.69 Å². The molecule has 1 aromatic rings. The van der Waals surface area contributed by atoms with Gasteiger partial charge in [0.05, 0.1) is 0 Å². The molecule has 1 aliphatic rings. The molecule has 0 aromatic heterocycles. The Labute approximate surface area is 85.8 Å². The molecule has 0 bridgehead atoms. The van der Waals surface area contributed by atoms with Crippen LogP contribution in [0.15, 0.2) is 42.5 Å². The lowest BCUT2D eigenvalue weighted by Crippen LogP contribution is -2.15. The fraction of sp³-hybridized carbons (Fsp3) is 0.385. The maximum atomic E-state index is 3.48. The first-order valence-electron chi connectivity index (χ1n) is 5.39. The van der Waals surface area contributed by atoms with Crippen LogP contribution < -0.4 is 5.32 Å². The highest BCUT2D eigenvalue weighted by molar-refractivity contribution is 5.42. The number of nitrogens with one attached hydrogen (secondary N) is 1. The normalized spacial score (nSPS) is 20.7. The van der Waals surface area contributed by atoms with Gasteiger partial charge in [0.25, 0.3) is 0 Å². The lowest BCUT2D eigenvalue weighted by Gasteiger charge is -2.18. The molecular weight excluding hydrogens is 170 g/mol. The topological polar surface area (TPSA) is 12.0 Å². The third-order valence-electron chi connectivity index (χ3n) is 2.75. The van der Waals surface area contributed by atoms with Crippen molar-refractivity contribution in [2.24, 2.45) is 5.92 Å². The molecule has 0 aliphatic heterocycles. The second-order valence-electron chi connectivity index (χ2n) is 3.90. The molecule has 1 N–H and O–H groups in total. The largest absolute Gasteiger partial charge is 0.385 e. The van der Waals surface area contributed by atoms with Crippen molar-refractivity contribution in [1.82, 2.24) is 0 Å². The van der Waals surface area contributed by atoms with Gasteiger partial charge in [-0.2, -0.15) is 0 Å². The maximum Gasteiger partial charge on any atom is 0.0340 e. The zero-order chi connectivity index (χ0) is 9.64. The van der Waals surface area contributed by atoms with Crippen molar-refractivity contribution in [3.63, 3.8) is 0 Å². The second-order valence-corrected chi connectivity index (χ2v) is 3.90. The number of anilines is 1. The fourth-order valence-corrected chi connectivity index (χ4v) is 1.86. The van der Waals surface area contributed by atoms with Gasteiger partial charge in [0, 0.05) is 12.2 Å². The number of hydrogen-bond donors (Lipinski definition) is 1. The Morgan fingerprint density at radius 2 is 2.00 bits per heavy atom. The van der Waals surface area contributed by atoms with Gasteiger partial charge in [0.15, 0.2) is 0 Å². The van der Waals surface area contributed by atoms with Crippen LogP contribution in [0.5, 0.6) is 0 Å². The SMILES string of the molecule is C1=CCC(CNc2ccccc2)CC1. The first kappa shape index (κ1) is 9.32. The molecule has 1 aliphatic carbocycles. The molecule has 0 saturated heterocycles. The number of hydrogen-bond acceptors (Lipinski definition) is 1. The average molecular weight is 187 g/mol. The van der Waals surface area contributed by atoms with Crippen LogP contribution in [0, 0.1) is 5.92 Å². The summed E-state index contributed by atoms with van der Waals surface area (Å²) in [6.07, 6.45) is 8.41. The van der Waals surface area contributed by atoms with Crippen molar-refractivity contribution in [3.8, 4) is 0 Å². The Morgan fingerprint density at radius 3 is 2.71 bits per heavy atom. The second kappa shape index (κ2) is 4.85. The Bertz CT molecular complexity index is 289. The highest BCUT2D eigenvalue weighted by Crippen LogP contribution is 2.18. The molecule has 0 radical (unpaired) electrons. The molecule has 14 heavy (non-hydrogen) atoms. The maximum absolute atomic E-state index is 3.48. The van der Waals surface area contributed by atoms with Gasteiger partial charge in [-0.15, -0.1) is 0 Å². The van der Waals surface area contributed by atoms with Gasteiger partial charge in [-0.1, -0.05) is 30.4 Å². The molecule has 2 rings (SSSR count). The summed E-state index contributed by atoms with van der Waals surface area (Å²) in [5, 5.41) is 3.48. The van der Waals surface area contributed by atoms with Crippen LogP contribution >= 0.6 is 0 Å². The number of rotatable bonds is 3. The van der Waals surface area contributed by atoms with Crippen molar-refractivity contribution >= 4 is 5.69 Å². The molecule has 0 saturated carbocycles. The zero-order valence-electron chi connectivity index (χ0n) is 8.45. The standard InChI is InChI=1S/C13H17N/c1-3-7-12(8-4-1)11-14-13-9-5-2-6-10-13/h1-3,5-6,9-10,12,14H,4,7-8,11H2. The molecule has 1 unspecified atom stereocenters. The van der Waals surface area contributed by atoms with E-state index in [4.69, 9.17) is 0 Å². The van der Waals surface area contributed by atoms with Crippen LogP contribution in [-0.2, 0) is 0 Å². The highest BCUT2D eigenvalue weighted by Gasteiger charge is 2.08. The quantitative estimate of drug-likeness (QED) is 0.715. The molecule has 0 fully saturated rings. The van der Waals surface area contributed by atoms with Gasteiger partial charge in [-0.25, -0.2) is 0 Å². The lowest BCUT2D eigenvalue weighted by atomic mass is 9.94. The highest BCUT2D eigenvalue weighted by atomic mass is 14.9. The fourth-order valence-electron chi connectivity index (χ4n) is 1.86. The van der Waals surface area contributed by atoms with Crippen LogP contribution in [-0.4, -0.2) is 6.54 Å². The summed E-state index contributed by atoms with van der Waals surface area (Å²) in [4.78, 5) is 0. The first-order valence-corrected chi connectivity index (χ1v) is 5.39. The Morgan fingerprint density at radius 1 is 1.14 bits per heavy atom. The number of benzene rings is 1. The van der Waals surface area contributed by atoms with E-state index in [1.54, 1.807) is 0 Å². The minimum absolute atomic E-state index is 0.820. The van der Waals surface area contributed by atoms with E-state index in [0.717, 1.165) is 12.5 Å². The van der Waals surface area contributed by atoms with E-state index in [1.807, 2.05) is 0 Å². The summed E-state index contributed by atoms with van der Waals surface area (Å²) in [6.45, 7) is 1.11. The summed E-state index contributed by atoms with van der Waals surface area (Å²) in [5.74, 6) is 0.820. The molecule has 1 heteroatoms. The van der Waals surface area contributed by atoms with E-state index >= 15 is 0 Å². The molecule has 0 amide bonds. The minimum atomic E-state index is 0.820. The van der Waals surface area contributed by atoms with Gasteiger partial charge in [-0.3, -0.25) is 0 Å². The molecule has 0 heterocycles. The molecular formula is C13H17N. The van der Waals surface area contributed by atoms with Crippen LogP contribution in [0.2, 0.25) is 0 Å². The first-order chi connectivity index (χ1) is 6.95. The molecule has 1 aromatic carbocycles. The van der Waals surface area contributed by atoms with E-state index in [9.17, 15) is 0 Å². The van der Waals surface area contributed by atoms with Crippen molar-refractivity contribution in [3.05, 3.63) is 42.5 Å². The predicted molar refractivity (Wildman–Crippen MR) is 61.4 cm³/mol. The Balaban J connectivity index is 1.80. The third kappa shape index (κ3) is 2.63. The summed E-state index contributed by atoms with van der Waals surface area (Å²) in [5.41, 5.74) is 1.24. The Kier molecular flexibility index (Phi) is 3.23. The lowest BCUT2D eigenvalue weighted by molar-refractivity contribution is 0.504. The third-order valence-corrected chi connectivity index (χ3v) is 2.75. The van der Waals surface area contributed by atoms with E-state index in [2.05, 4.69) is 47.8 Å². The van der Waals surface area contributed by atoms with Crippen molar-refractivity contribution in [2.75, 3.05) is 11.9 Å². The minimum Gasteiger partial charge on any atom is -0.385 e. The zero-order valence-corrected chi connectivity index (χ0v) is 8.45. The molecule has 74 valence electrons. The summed E-state index contributed by atoms with van der Waals surface area (Å²) >= 11 is 0. The van der Waals surface area contributed by atoms with Gasteiger partial charge >= 0.3 is 0 Å². The monoisotopic (exact) mass is 187 g/mol.